The molecule has 0 aliphatic heterocycles. The van der Waals surface area contributed by atoms with Crippen molar-refractivity contribution in [1.82, 2.24) is 10.6 Å². The molecule has 0 radical (unpaired) electrons. The molecule has 0 aromatic rings. The van der Waals surface area contributed by atoms with Crippen LogP contribution >= 0.6 is 0 Å². The first-order chi connectivity index (χ1) is 7.91. The van der Waals surface area contributed by atoms with Crippen molar-refractivity contribution >= 4 is 5.91 Å². The first-order valence-electron chi connectivity index (χ1n) is 6.12. The van der Waals surface area contributed by atoms with E-state index in [9.17, 15) is 9.90 Å². The number of carbonyl (C=O) groups is 1. The maximum absolute atomic E-state index is 11.4. The van der Waals surface area contributed by atoms with E-state index in [1.54, 1.807) is 14.0 Å². The molecule has 0 aliphatic carbocycles. The zero-order valence-electron chi connectivity index (χ0n) is 11.4. The molecule has 0 bridgehead atoms. The van der Waals surface area contributed by atoms with E-state index in [2.05, 4.69) is 10.6 Å². The second-order valence-corrected chi connectivity index (χ2v) is 4.72. The molecule has 1 amide bonds. The van der Waals surface area contributed by atoms with Gasteiger partial charge in [0.15, 0.2) is 0 Å². The molecule has 0 saturated heterocycles. The molecular formula is C12H26N2O3. The van der Waals surface area contributed by atoms with Gasteiger partial charge in [0.25, 0.3) is 0 Å². The van der Waals surface area contributed by atoms with Gasteiger partial charge in [-0.05, 0) is 20.3 Å². The highest BCUT2D eigenvalue weighted by Crippen LogP contribution is 2.06. The zero-order valence-corrected chi connectivity index (χ0v) is 11.4. The van der Waals surface area contributed by atoms with Gasteiger partial charge in [-0.25, -0.2) is 0 Å². The van der Waals surface area contributed by atoms with Gasteiger partial charge in [-0.3, -0.25) is 4.79 Å². The summed E-state index contributed by atoms with van der Waals surface area (Å²) in [5, 5.41) is 15.7. The van der Waals surface area contributed by atoms with Gasteiger partial charge >= 0.3 is 0 Å². The fourth-order valence-corrected chi connectivity index (χ4v) is 1.28. The fraction of sp³-hybridized carbons (Fsp3) is 0.917. The average Bonchev–Trinajstić information content (AvgIpc) is 2.26. The van der Waals surface area contributed by atoms with Gasteiger partial charge in [0.1, 0.15) is 0 Å². The summed E-state index contributed by atoms with van der Waals surface area (Å²) in [7, 11) is 1.60. The molecule has 0 spiro atoms. The standard InChI is InChI=1S/C12H26N2O3/c1-5-10(2)14-11(15)8-13-9-12(3,16)6-7-17-4/h10,13,16H,5-9H2,1-4H3,(H,14,15). The van der Waals surface area contributed by atoms with Crippen molar-refractivity contribution in [1.29, 1.82) is 0 Å². The Hall–Kier alpha value is -0.650. The third kappa shape index (κ3) is 9.09. The van der Waals surface area contributed by atoms with E-state index in [1.807, 2.05) is 13.8 Å². The van der Waals surface area contributed by atoms with Gasteiger partial charge in [-0.1, -0.05) is 6.92 Å². The molecule has 17 heavy (non-hydrogen) atoms. The third-order valence-electron chi connectivity index (χ3n) is 2.66. The molecule has 0 saturated carbocycles. The number of carbonyl (C=O) groups excluding carboxylic acids is 1. The van der Waals surface area contributed by atoms with Crippen LogP contribution in [-0.2, 0) is 9.53 Å². The van der Waals surface area contributed by atoms with Gasteiger partial charge in [-0.15, -0.1) is 0 Å². The predicted octanol–water partition coefficient (Wildman–Crippen LogP) is 0.278. The van der Waals surface area contributed by atoms with E-state index in [0.717, 1.165) is 6.42 Å². The number of hydrogen-bond donors (Lipinski definition) is 3. The van der Waals surface area contributed by atoms with Gasteiger partial charge in [0.2, 0.25) is 5.91 Å². The van der Waals surface area contributed by atoms with Gasteiger partial charge in [0, 0.05) is 32.7 Å². The van der Waals surface area contributed by atoms with E-state index in [1.165, 1.54) is 0 Å². The fourth-order valence-electron chi connectivity index (χ4n) is 1.28. The molecule has 5 nitrogen and oxygen atoms in total. The lowest BCUT2D eigenvalue weighted by Crippen LogP contribution is -2.44. The Morgan fingerprint density at radius 3 is 2.71 bits per heavy atom. The van der Waals surface area contributed by atoms with Crippen molar-refractivity contribution in [2.45, 2.75) is 45.3 Å². The highest BCUT2D eigenvalue weighted by molar-refractivity contribution is 5.78. The van der Waals surface area contributed by atoms with Gasteiger partial charge in [0.05, 0.1) is 12.1 Å². The summed E-state index contributed by atoms with van der Waals surface area (Å²) in [5.41, 5.74) is -0.841. The summed E-state index contributed by atoms with van der Waals surface area (Å²) in [6.07, 6.45) is 1.46. The Balaban J connectivity index is 3.71. The number of hydrogen-bond acceptors (Lipinski definition) is 4. The molecule has 5 heteroatoms. The summed E-state index contributed by atoms with van der Waals surface area (Å²) >= 11 is 0. The molecule has 2 atom stereocenters. The maximum atomic E-state index is 11.4. The second-order valence-electron chi connectivity index (χ2n) is 4.72. The van der Waals surface area contributed by atoms with Crippen molar-refractivity contribution in [3.05, 3.63) is 0 Å². The van der Waals surface area contributed by atoms with Gasteiger partial charge in [-0.2, -0.15) is 0 Å². The summed E-state index contributed by atoms with van der Waals surface area (Å²) in [5.74, 6) is -0.0399. The Kier molecular flexibility index (Phi) is 8.12. The van der Waals surface area contributed by atoms with Crippen LogP contribution in [0.2, 0.25) is 0 Å². The maximum Gasteiger partial charge on any atom is 0.234 e. The lowest BCUT2D eigenvalue weighted by molar-refractivity contribution is -0.121. The van der Waals surface area contributed by atoms with E-state index in [4.69, 9.17) is 4.74 Å². The van der Waals surface area contributed by atoms with Crippen LogP contribution in [-0.4, -0.2) is 49.5 Å². The van der Waals surface area contributed by atoms with Crippen LogP contribution in [0.25, 0.3) is 0 Å². The first-order valence-corrected chi connectivity index (χ1v) is 6.12. The summed E-state index contributed by atoms with van der Waals surface area (Å²) in [6, 6.07) is 0.193. The van der Waals surface area contributed by atoms with Crippen molar-refractivity contribution in [2.75, 3.05) is 26.8 Å². The van der Waals surface area contributed by atoms with Crippen LogP contribution in [0.1, 0.15) is 33.6 Å². The average molecular weight is 246 g/mol. The van der Waals surface area contributed by atoms with E-state index in [0.29, 0.717) is 19.6 Å². The van der Waals surface area contributed by atoms with E-state index in [-0.39, 0.29) is 18.5 Å². The van der Waals surface area contributed by atoms with Crippen LogP contribution in [0.3, 0.4) is 0 Å². The largest absolute Gasteiger partial charge is 0.389 e. The molecule has 3 N–H and O–H groups in total. The van der Waals surface area contributed by atoms with Crippen molar-refractivity contribution in [3.8, 4) is 0 Å². The highest BCUT2D eigenvalue weighted by Gasteiger charge is 2.19. The smallest absolute Gasteiger partial charge is 0.234 e. The zero-order chi connectivity index (χ0) is 13.3. The number of aliphatic hydroxyl groups is 1. The minimum atomic E-state index is -0.841. The van der Waals surface area contributed by atoms with Crippen LogP contribution in [0, 0.1) is 0 Å². The highest BCUT2D eigenvalue weighted by atomic mass is 16.5. The second kappa shape index (κ2) is 8.44. The Morgan fingerprint density at radius 2 is 2.18 bits per heavy atom. The summed E-state index contributed by atoms with van der Waals surface area (Å²) in [4.78, 5) is 11.4. The molecule has 0 aromatic heterocycles. The molecule has 0 aromatic carbocycles. The number of rotatable bonds is 9. The molecule has 0 rings (SSSR count). The molecule has 0 fully saturated rings. The van der Waals surface area contributed by atoms with Crippen molar-refractivity contribution in [3.63, 3.8) is 0 Å². The lowest BCUT2D eigenvalue weighted by atomic mass is 10.0. The minimum absolute atomic E-state index is 0.0399. The lowest BCUT2D eigenvalue weighted by Gasteiger charge is -2.23. The minimum Gasteiger partial charge on any atom is -0.389 e. The summed E-state index contributed by atoms with van der Waals surface area (Å²) in [6.45, 7) is 6.83. The van der Waals surface area contributed by atoms with Gasteiger partial charge < -0.3 is 20.5 Å². The number of methoxy groups -OCH3 is 1. The van der Waals surface area contributed by atoms with E-state index < -0.39 is 5.60 Å². The topological polar surface area (TPSA) is 70.6 Å². The molecule has 102 valence electrons. The first kappa shape index (κ1) is 16.4. The Bertz CT molecular complexity index is 220. The quantitative estimate of drug-likeness (QED) is 0.546. The number of nitrogens with one attached hydrogen (secondary N) is 2. The van der Waals surface area contributed by atoms with Crippen molar-refractivity contribution in [2.24, 2.45) is 0 Å². The Labute approximate surface area is 104 Å². The van der Waals surface area contributed by atoms with Crippen LogP contribution in [0.5, 0.6) is 0 Å². The van der Waals surface area contributed by atoms with Crippen LogP contribution in [0.15, 0.2) is 0 Å². The normalized spacial score (nSPS) is 16.3. The molecule has 2 unspecified atom stereocenters. The SMILES string of the molecule is CCC(C)NC(=O)CNCC(C)(O)CCOC. The molecular weight excluding hydrogens is 220 g/mol. The Morgan fingerprint density at radius 1 is 1.53 bits per heavy atom. The third-order valence-corrected chi connectivity index (χ3v) is 2.66. The number of ether oxygens (including phenoxy) is 1. The molecule has 0 aliphatic rings. The monoisotopic (exact) mass is 246 g/mol. The van der Waals surface area contributed by atoms with Crippen molar-refractivity contribution < 1.29 is 14.6 Å². The van der Waals surface area contributed by atoms with Crippen LogP contribution in [0.4, 0.5) is 0 Å². The van der Waals surface area contributed by atoms with Crippen LogP contribution < -0.4 is 10.6 Å². The molecule has 0 heterocycles. The summed E-state index contributed by atoms with van der Waals surface area (Å²) < 4.78 is 4.91. The van der Waals surface area contributed by atoms with E-state index >= 15 is 0 Å². The predicted molar refractivity (Wildman–Crippen MR) is 67.9 cm³/mol. The number of amides is 1.